The zero-order chi connectivity index (χ0) is 12.3. The van der Waals surface area contributed by atoms with Gasteiger partial charge in [-0.3, -0.25) is 0 Å². The number of hydrogen-bond acceptors (Lipinski definition) is 3. The normalized spacial score (nSPS) is 10.2. The second-order valence-electron chi connectivity index (χ2n) is 3.44. The van der Waals surface area contributed by atoms with Crippen molar-refractivity contribution in [1.29, 1.82) is 0 Å². The van der Waals surface area contributed by atoms with Gasteiger partial charge in [-0.05, 0) is 36.6 Å². The molecule has 0 aromatic heterocycles. The maximum atomic E-state index is 5.84. The molecule has 0 fully saturated rings. The second-order valence-corrected chi connectivity index (χ2v) is 4.72. The molecule has 0 saturated heterocycles. The van der Waals surface area contributed by atoms with E-state index in [4.69, 9.17) is 22.1 Å². The Kier molecular flexibility index (Phi) is 3.82. The summed E-state index contributed by atoms with van der Waals surface area (Å²) in [7, 11) is 0. The van der Waals surface area contributed by atoms with Crippen LogP contribution in [0, 0.1) is 0 Å². The smallest absolute Gasteiger partial charge is 0.150 e. The van der Waals surface area contributed by atoms with Gasteiger partial charge in [0.25, 0.3) is 0 Å². The summed E-state index contributed by atoms with van der Waals surface area (Å²) in [6.07, 6.45) is 2.01. The summed E-state index contributed by atoms with van der Waals surface area (Å²) < 4.78 is 5.78. The van der Waals surface area contributed by atoms with E-state index in [2.05, 4.69) is 0 Å². The lowest BCUT2D eigenvalue weighted by Crippen LogP contribution is -1.92. The van der Waals surface area contributed by atoms with Gasteiger partial charge in [-0.2, -0.15) is 0 Å². The summed E-state index contributed by atoms with van der Waals surface area (Å²) in [5, 5.41) is 0.605. The number of halogens is 1. The van der Waals surface area contributed by atoms with Gasteiger partial charge >= 0.3 is 0 Å². The number of nitrogens with two attached hydrogens (primary N) is 1. The van der Waals surface area contributed by atoms with Crippen LogP contribution in [0.3, 0.4) is 0 Å². The van der Waals surface area contributed by atoms with Crippen LogP contribution in [0.4, 0.5) is 5.69 Å². The van der Waals surface area contributed by atoms with Gasteiger partial charge in [-0.15, -0.1) is 11.8 Å². The highest BCUT2D eigenvalue weighted by Crippen LogP contribution is 2.34. The molecule has 0 bridgehead atoms. The molecule has 0 unspecified atom stereocenters. The lowest BCUT2D eigenvalue weighted by molar-refractivity contribution is 0.473. The summed E-state index contributed by atoms with van der Waals surface area (Å²) in [6.45, 7) is 0. The Morgan fingerprint density at radius 3 is 2.59 bits per heavy atom. The Morgan fingerprint density at radius 1 is 1.12 bits per heavy atom. The number of ether oxygens (including phenoxy) is 1. The van der Waals surface area contributed by atoms with E-state index in [1.807, 2.05) is 30.5 Å². The summed E-state index contributed by atoms with van der Waals surface area (Å²) in [4.78, 5) is 1.07. The predicted molar refractivity (Wildman–Crippen MR) is 74.2 cm³/mol. The van der Waals surface area contributed by atoms with Gasteiger partial charge in [0.1, 0.15) is 11.5 Å². The lowest BCUT2D eigenvalue weighted by Gasteiger charge is -2.11. The summed E-state index contributed by atoms with van der Waals surface area (Å²) >= 11 is 7.47. The molecule has 0 radical (unpaired) electrons. The average molecular weight is 266 g/mol. The van der Waals surface area contributed by atoms with Crippen molar-refractivity contribution in [3.05, 3.63) is 47.5 Å². The molecule has 0 saturated carbocycles. The molecule has 2 aromatic rings. The van der Waals surface area contributed by atoms with Gasteiger partial charge in [-0.1, -0.05) is 23.7 Å². The van der Waals surface area contributed by atoms with Crippen LogP contribution in [0.25, 0.3) is 0 Å². The van der Waals surface area contributed by atoms with Crippen molar-refractivity contribution < 1.29 is 4.74 Å². The molecule has 0 amide bonds. The van der Waals surface area contributed by atoms with E-state index in [-0.39, 0.29) is 0 Å². The molecule has 0 aliphatic heterocycles. The Balaban J connectivity index is 2.31. The summed E-state index contributed by atoms with van der Waals surface area (Å²) in [5.41, 5.74) is 6.38. The monoisotopic (exact) mass is 265 g/mol. The molecule has 2 nitrogen and oxygen atoms in total. The third-order valence-corrected chi connectivity index (χ3v) is 3.27. The Labute approximate surface area is 110 Å². The van der Waals surface area contributed by atoms with Gasteiger partial charge in [0.2, 0.25) is 0 Å². The lowest BCUT2D eigenvalue weighted by atomic mass is 10.3. The van der Waals surface area contributed by atoms with Crippen LogP contribution < -0.4 is 10.5 Å². The fourth-order valence-corrected chi connectivity index (χ4v) is 2.14. The molecule has 0 heterocycles. The van der Waals surface area contributed by atoms with Crippen molar-refractivity contribution in [2.45, 2.75) is 4.90 Å². The molecule has 2 N–H and O–H groups in total. The number of rotatable bonds is 3. The van der Waals surface area contributed by atoms with Gasteiger partial charge < -0.3 is 10.5 Å². The van der Waals surface area contributed by atoms with Crippen LogP contribution in [-0.2, 0) is 0 Å². The van der Waals surface area contributed by atoms with E-state index >= 15 is 0 Å². The molecule has 0 spiro atoms. The van der Waals surface area contributed by atoms with Gasteiger partial charge in [0, 0.05) is 9.92 Å². The first kappa shape index (κ1) is 12.1. The van der Waals surface area contributed by atoms with E-state index in [1.165, 1.54) is 0 Å². The van der Waals surface area contributed by atoms with Crippen LogP contribution in [0.5, 0.6) is 11.5 Å². The van der Waals surface area contributed by atoms with Crippen LogP contribution in [-0.4, -0.2) is 6.26 Å². The molecule has 0 atom stereocenters. The van der Waals surface area contributed by atoms with Crippen molar-refractivity contribution >= 4 is 29.1 Å². The van der Waals surface area contributed by atoms with E-state index in [0.717, 1.165) is 10.6 Å². The topological polar surface area (TPSA) is 35.2 Å². The minimum atomic E-state index is 0.536. The third-order valence-electron chi connectivity index (χ3n) is 2.26. The highest BCUT2D eigenvalue weighted by molar-refractivity contribution is 7.98. The summed E-state index contributed by atoms with van der Waals surface area (Å²) in [6, 6.07) is 13.0. The Hall–Kier alpha value is -1.32. The van der Waals surface area contributed by atoms with Crippen molar-refractivity contribution in [3.63, 3.8) is 0 Å². The van der Waals surface area contributed by atoms with Crippen molar-refractivity contribution in [1.82, 2.24) is 0 Å². The van der Waals surface area contributed by atoms with E-state index in [0.29, 0.717) is 16.5 Å². The zero-order valence-electron chi connectivity index (χ0n) is 9.31. The highest BCUT2D eigenvalue weighted by Gasteiger charge is 2.06. The van der Waals surface area contributed by atoms with E-state index in [1.54, 1.807) is 30.0 Å². The fourth-order valence-electron chi connectivity index (χ4n) is 1.43. The molecule has 2 aromatic carbocycles. The molecular formula is C13H12ClNOS. The molecule has 88 valence electrons. The predicted octanol–water partition coefficient (Wildman–Crippen LogP) is 4.44. The van der Waals surface area contributed by atoms with E-state index in [9.17, 15) is 0 Å². The maximum Gasteiger partial charge on any atom is 0.150 e. The fraction of sp³-hybridized carbons (Fsp3) is 0.0769. The Bertz CT molecular complexity index is 531. The largest absolute Gasteiger partial charge is 0.454 e. The first-order valence-corrected chi connectivity index (χ1v) is 6.67. The molecular weight excluding hydrogens is 254 g/mol. The first-order chi connectivity index (χ1) is 8.20. The number of benzene rings is 2. The Morgan fingerprint density at radius 2 is 1.88 bits per heavy atom. The maximum absolute atomic E-state index is 5.84. The third kappa shape index (κ3) is 2.87. The quantitative estimate of drug-likeness (QED) is 0.658. The van der Waals surface area contributed by atoms with Gasteiger partial charge in [0.05, 0.1) is 5.69 Å². The SMILES string of the molecule is CSc1ccccc1Oc1ccc(Cl)cc1N. The van der Waals surface area contributed by atoms with Crippen molar-refractivity contribution in [2.24, 2.45) is 0 Å². The molecule has 4 heteroatoms. The molecule has 2 rings (SSSR count). The minimum Gasteiger partial charge on any atom is -0.454 e. The minimum absolute atomic E-state index is 0.536. The zero-order valence-corrected chi connectivity index (χ0v) is 10.9. The second kappa shape index (κ2) is 5.34. The van der Waals surface area contributed by atoms with E-state index < -0.39 is 0 Å². The van der Waals surface area contributed by atoms with Crippen LogP contribution in [0.2, 0.25) is 5.02 Å². The molecule has 17 heavy (non-hydrogen) atoms. The highest BCUT2D eigenvalue weighted by atomic mass is 35.5. The van der Waals surface area contributed by atoms with Crippen LogP contribution in [0.15, 0.2) is 47.4 Å². The average Bonchev–Trinajstić information content (AvgIpc) is 2.33. The number of thioether (sulfide) groups is 1. The van der Waals surface area contributed by atoms with Gasteiger partial charge in [0.15, 0.2) is 0 Å². The number of para-hydroxylation sites is 1. The number of hydrogen-bond donors (Lipinski definition) is 1. The van der Waals surface area contributed by atoms with Crippen LogP contribution >= 0.6 is 23.4 Å². The number of nitrogen functional groups attached to an aromatic ring is 1. The van der Waals surface area contributed by atoms with Crippen LogP contribution in [0.1, 0.15) is 0 Å². The van der Waals surface area contributed by atoms with Crippen molar-refractivity contribution in [3.8, 4) is 11.5 Å². The molecule has 0 aliphatic rings. The standard InChI is InChI=1S/C13H12ClNOS/c1-17-13-5-3-2-4-12(13)16-11-7-6-9(14)8-10(11)15/h2-8H,15H2,1H3. The van der Waals surface area contributed by atoms with Crippen molar-refractivity contribution in [2.75, 3.05) is 12.0 Å². The van der Waals surface area contributed by atoms with Gasteiger partial charge in [-0.25, -0.2) is 0 Å². The number of anilines is 1. The summed E-state index contributed by atoms with van der Waals surface area (Å²) in [5.74, 6) is 1.42. The first-order valence-electron chi connectivity index (χ1n) is 5.06. The molecule has 0 aliphatic carbocycles.